The van der Waals surface area contributed by atoms with E-state index in [2.05, 4.69) is 28.9 Å². The van der Waals surface area contributed by atoms with E-state index in [-0.39, 0.29) is 5.91 Å². The lowest BCUT2D eigenvalue weighted by Crippen LogP contribution is -2.43. The number of ether oxygens (including phenoxy) is 1. The third-order valence-electron chi connectivity index (χ3n) is 5.43. The minimum Gasteiger partial charge on any atom is -0.467 e. The van der Waals surface area contributed by atoms with Crippen molar-refractivity contribution < 1.29 is 13.9 Å². The molecule has 2 unspecified atom stereocenters. The summed E-state index contributed by atoms with van der Waals surface area (Å²) in [6, 6.07) is 3.82. The van der Waals surface area contributed by atoms with Gasteiger partial charge in [0.2, 0.25) is 11.9 Å². The van der Waals surface area contributed by atoms with Gasteiger partial charge in [0, 0.05) is 26.2 Å². The maximum absolute atomic E-state index is 12.8. The first-order chi connectivity index (χ1) is 14.1. The predicted octanol–water partition coefficient (Wildman–Crippen LogP) is 2.35. The van der Waals surface area contributed by atoms with Gasteiger partial charge in [0.25, 0.3) is 0 Å². The van der Waals surface area contributed by atoms with E-state index in [0.717, 1.165) is 43.0 Å². The first-order valence-corrected chi connectivity index (χ1v) is 11.3. The van der Waals surface area contributed by atoms with Crippen molar-refractivity contribution in [3.8, 4) is 0 Å². The number of nitrogens with zero attached hydrogens (tertiary/aromatic N) is 5. The topological polar surface area (TPSA) is 76.6 Å². The molecule has 2 aromatic heterocycles. The Bertz CT molecular complexity index is 793. The van der Waals surface area contributed by atoms with Gasteiger partial charge in [0.05, 0.1) is 31.8 Å². The Morgan fingerprint density at radius 1 is 1.21 bits per heavy atom. The van der Waals surface area contributed by atoms with Crippen LogP contribution in [0.1, 0.15) is 26.0 Å². The van der Waals surface area contributed by atoms with Crippen LogP contribution in [-0.4, -0.2) is 70.7 Å². The number of amides is 1. The maximum atomic E-state index is 12.8. The van der Waals surface area contributed by atoms with Gasteiger partial charge in [-0.2, -0.15) is 0 Å². The van der Waals surface area contributed by atoms with Gasteiger partial charge in [-0.15, -0.1) is 10.2 Å². The molecule has 2 atom stereocenters. The van der Waals surface area contributed by atoms with Gasteiger partial charge < -0.3 is 19.0 Å². The second-order valence-electron chi connectivity index (χ2n) is 8.08. The second kappa shape index (κ2) is 9.21. The summed E-state index contributed by atoms with van der Waals surface area (Å²) in [5.74, 6) is 3.31. The zero-order valence-electron chi connectivity index (χ0n) is 17.1. The van der Waals surface area contributed by atoms with Crippen LogP contribution in [0.3, 0.4) is 0 Å². The molecule has 0 bridgehead atoms. The zero-order chi connectivity index (χ0) is 20.2. The number of hydrogen-bond donors (Lipinski definition) is 0. The van der Waals surface area contributed by atoms with Gasteiger partial charge in [-0.3, -0.25) is 9.36 Å². The smallest absolute Gasteiger partial charge is 0.233 e. The first-order valence-electron chi connectivity index (χ1n) is 10.3. The van der Waals surface area contributed by atoms with Crippen LogP contribution in [0, 0.1) is 11.8 Å². The maximum Gasteiger partial charge on any atom is 0.233 e. The molecule has 2 saturated heterocycles. The van der Waals surface area contributed by atoms with Crippen LogP contribution in [0.25, 0.3) is 0 Å². The van der Waals surface area contributed by atoms with E-state index < -0.39 is 0 Å². The number of aromatic nitrogens is 3. The Kier molecular flexibility index (Phi) is 6.44. The fourth-order valence-electron chi connectivity index (χ4n) is 4.17. The van der Waals surface area contributed by atoms with Crippen molar-refractivity contribution in [3.63, 3.8) is 0 Å². The molecular weight excluding hydrogens is 390 g/mol. The summed E-state index contributed by atoms with van der Waals surface area (Å²) in [6.07, 6.45) is 2.86. The van der Waals surface area contributed by atoms with Crippen molar-refractivity contribution in [1.82, 2.24) is 19.7 Å². The van der Waals surface area contributed by atoms with Gasteiger partial charge in [-0.05, 0) is 30.4 Å². The number of rotatable bonds is 6. The summed E-state index contributed by atoms with van der Waals surface area (Å²) >= 11 is 1.46. The highest BCUT2D eigenvalue weighted by Crippen LogP contribution is 2.26. The average molecular weight is 420 g/mol. The van der Waals surface area contributed by atoms with Crippen LogP contribution < -0.4 is 4.90 Å². The van der Waals surface area contributed by atoms with Gasteiger partial charge in [0.1, 0.15) is 5.76 Å². The number of hydrogen-bond acceptors (Lipinski definition) is 7. The van der Waals surface area contributed by atoms with Crippen LogP contribution in [0.2, 0.25) is 0 Å². The molecule has 4 rings (SSSR count). The molecule has 0 radical (unpaired) electrons. The van der Waals surface area contributed by atoms with Crippen molar-refractivity contribution in [2.24, 2.45) is 11.8 Å². The molecule has 158 valence electrons. The predicted molar refractivity (Wildman–Crippen MR) is 111 cm³/mol. The van der Waals surface area contributed by atoms with Crippen LogP contribution in [-0.2, 0) is 16.1 Å². The number of piperidine rings is 1. The number of morpholine rings is 1. The van der Waals surface area contributed by atoms with Crippen LogP contribution in [0.15, 0.2) is 28.0 Å². The standard InChI is InChI=1S/C20H29N5O3S/c1-15-10-16(2)12-24(11-15)18(26)14-29-20-22-21-19(23-5-8-27-9-6-23)25(20)13-17-4-3-7-28-17/h3-4,7,15-16H,5-6,8-14H2,1-2H3. The van der Waals surface area contributed by atoms with Gasteiger partial charge >= 0.3 is 0 Å². The van der Waals surface area contributed by atoms with E-state index in [9.17, 15) is 4.79 Å². The lowest BCUT2D eigenvalue weighted by Gasteiger charge is -2.35. The minimum atomic E-state index is 0.175. The highest BCUT2D eigenvalue weighted by atomic mass is 32.2. The molecule has 2 aliphatic heterocycles. The quantitative estimate of drug-likeness (QED) is 0.665. The summed E-state index contributed by atoms with van der Waals surface area (Å²) in [5, 5.41) is 9.58. The van der Waals surface area contributed by atoms with Crippen molar-refractivity contribution in [2.75, 3.05) is 50.0 Å². The summed E-state index contributed by atoms with van der Waals surface area (Å²) in [4.78, 5) is 17.0. The Morgan fingerprint density at radius 3 is 2.66 bits per heavy atom. The number of furan rings is 1. The molecule has 2 fully saturated rings. The molecule has 0 aromatic carbocycles. The molecule has 0 aliphatic carbocycles. The number of carbonyl (C=O) groups excluding carboxylic acids is 1. The molecule has 2 aliphatic rings. The van der Waals surface area contributed by atoms with Crippen molar-refractivity contribution in [2.45, 2.75) is 32.0 Å². The Hall–Kier alpha value is -2.00. The molecule has 0 N–H and O–H groups in total. The first kappa shape index (κ1) is 20.3. The SMILES string of the molecule is CC1CC(C)CN(C(=O)CSc2nnc(N3CCOCC3)n2Cc2ccco2)C1. The van der Waals surface area contributed by atoms with Crippen molar-refractivity contribution >= 4 is 23.6 Å². The summed E-state index contributed by atoms with van der Waals surface area (Å²) in [6.45, 7) is 9.60. The van der Waals surface area contributed by atoms with E-state index in [1.165, 1.54) is 18.2 Å². The molecule has 1 amide bonds. The second-order valence-corrected chi connectivity index (χ2v) is 9.02. The number of thioether (sulfide) groups is 1. The van der Waals surface area contributed by atoms with Gasteiger partial charge in [-0.25, -0.2) is 0 Å². The lowest BCUT2D eigenvalue weighted by molar-refractivity contribution is -0.130. The zero-order valence-corrected chi connectivity index (χ0v) is 17.9. The third kappa shape index (κ3) is 4.95. The van der Waals surface area contributed by atoms with E-state index in [4.69, 9.17) is 9.15 Å². The molecule has 9 heteroatoms. The molecule has 4 heterocycles. The molecule has 29 heavy (non-hydrogen) atoms. The molecule has 2 aromatic rings. The van der Waals surface area contributed by atoms with E-state index in [1.807, 2.05) is 21.6 Å². The highest BCUT2D eigenvalue weighted by Gasteiger charge is 2.27. The van der Waals surface area contributed by atoms with Crippen LogP contribution in [0.5, 0.6) is 0 Å². The van der Waals surface area contributed by atoms with E-state index in [0.29, 0.717) is 37.3 Å². The van der Waals surface area contributed by atoms with Gasteiger partial charge in [0.15, 0.2) is 5.16 Å². The van der Waals surface area contributed by atoms with Gasteiger partial charge in [-0.1, -0.05) is 25.6 Å². The largest absolute Gasteiger partial charge is 0.467 e. The number of carbonyl (C=O) groups is 1. The van der Waals surface area contributed by atoms with Crippen LogP contribution in [0.4, 0.5) is 5.95 Å². The van der Waals surface area contributed by atoms with Crippen LogP contribution >= 0.6 is 11.8 Å². The highest BCUT2D eigenvalue weighted by molar-refractivity contribution is 7.99. The third-order valence-corrected chi connectivity index (χ3v) is 6.38. The molecule has 8 nitrogen and oxygen atoms in total. The monoisotopic (exact) mass is 419 g/mol. The number of anilines is 1. The molecule has 0 spiro atoms. The Morgan fingerprint density at radius 2 is 1.97 bits per heavy atom. The fraction of sp³-hybridized carbons (Fsp3) is 0.650. The van der Waals surface area contributed by atoms with Crippen molar-refractivity contribution in [1.29, 1.82) is 0 Å². The Balaban J connectivity index is 1.47. The summed E-state index contributed by atoms with van der Waals surface area (Å²) in [7, 11) is 0. The molecule has 0 saturated carbocycles. The summed E-state index contributed by atoms with van der Waals surface area (Å²) < 4.78 is 13.1. The summed E-state index contributed by atoms with van der Waals surface area (Å²) in [5.41, 5.74) is 0. The number of likely N-dealkylation sites (tertiary alicyclic amines) is 1. The van der Waals surface area contributed by atoms with Crippen molar-refractivity contribution in [3.05, 3.63) is 24.2 Å². The Labute approximate surface area is 175 Å². The molecular formula is C20H29N5O3S. The van der Waals surface area contributed by atoms with E-state index >= 15 is 0 Å². The van der Waals surface area contributed by atoms with E-state index in [1.54, 1.807) is 6.26 Å². The fourth-order valence-corrected chi connectivity index (χ4v) is 5.00. The minimum absolute atomic E-state index is 0.175. The average Bonchev–Trinajstić information content (AvgIpc) is 3.36. The lowest BCUT2D eigenvalue weighted by atomic mass is 9.92. The normalized spacial score (nSPS) is 22.8.